The summed E-state index contributed by atoms with van der Waals surface area (Å²) in [6, 6.07) is 9.41. The van der Waals surface area contributed by atoms with E-state index in [9.17, 15) is 14.4 Å². The first-order chi connectivity index (χ1) is 12.9. The van der Waals surface area contributed by atoms with E-state index in [0.29, 0.717) is 15.0 Å². The Morgan fingerprint density at radius 2 is 1.89 bits per heavy atom. The lowest BCUT2D eigenvalue weighted by molar-refractivity contribution is -0.145. The van der Waals surface area contributed by atoms with Crippen LogP contribution in [0.25, 0.3) is 6.08 Å². The second-order valence-electron chi connectivity index (χ2n) is 5.47. The quantitative estimate of drug-likeness (QED) is 0.412. The summed E-state index contributed by atoms with van der Waals surface area (Å²) in [6.45, 7) is 1.07. The smallest absolute Gasteiger partial charge is 0.328 e. The number of nitrogens with one attached hydrogen (secondary N) is 1. The molecule has 1 aromatic carbocycles. The number of amides is 1. The monoisotopic (exact) mass is 407 g/mol. The SMILES string of the molecule is COc1ccc(/C=C/C(=O)N[C@@H](C)C(=O)OCC(=O)c2ccc(Cl)s2)cc1. The Morgan fingerprint density at radius 3 is 2.48 bits per heavy atom. The van der Waals surface area contributed by atoms with Gasteiger partial charge in [-0.15, -0.1) is 11.3 Å². The molecule has 0 aliphatic heterocycles. The normalized spacial score (nSPS) is 11.8. The Balaban J connectivity index is 1.79. The number of ketones is 1. The van der Waals surface area contributed by atoms with E-state index in [1.807, 2.05) is 0 Å². The molecular formula is C19H18ClNO5S. The molecule has 0 spiro atoms. The number of hydrogen-bond acceptors (Lipinski definition) is 6. The molecule has 142 valence electrons. The number of ether oxygens (including phenoxy) is 2. The molecule has 1 heterocycles. The summed E-state index contributed by atoms with van der Waals surface area (Å²) >= 11 is 6.87. The van der Waals surface area contributed by atoms with E-state index >= 15 is 0 Å². The number of benzene rings is 1. The average Bonchev–Trinajstić information content (AvgIpc) is 3.11. The average molecular weight is 408 g/mol. The minimum Gasteiger partial charge on any atom is -0.497 e. The molecule has 0 aliphatic carbocycles. The van der Waals surface area contributed by atoms with Crippen LogP contribution in [0.2, 0.25) is 4.34 Å². The second kappa shape index (κ2) is 9.89. The van der Waals surface area contributed by atoms with E-state index in [-0.39, 0.29) is 5.78 Å². The van der Waals surface area contributed by atoms with E-state index in [4.69, 9.17) is 21.1 Å². The number of carbonyl (C=O) groups is 3. The summed E-state index contributed by atoms with van der Waals surface area (Å²) in [6.07, 6.45) is 2.92. The molecule has 27 heavy (non-hydrogen) atoms. The van der Waals surface area contributed by atoms with E-state index < -0.39 is 24.5 Å². The number of carbonyl (C=O) groups excluding carboxylic acids is 3. The minimum atomic E-state index is -0.891. The second-order valence-corrected chi connectivity index (χ2v) is 7.19. The first kappa shape index (κ1) is 20.7. The van der Waals surface area contributed by atoms with Gasteiger partial charge in [-0.25, -0.2) is 4.79 Å². The highest BCUT2D eigenvalue weighted by Gasteiger charge is 2.18. The number of thiophene rings is 1. The van der Waals surface area contributed by atoms with Gasteiger partial charge in [-0.2, -0.15) is 0 Å². The summed E-state index contributed by atoms with van der Waals surface area (Å²) < 4.78 is 10.5. The third-order valence-electron chi connectivity index (χ3n) is 3.45. The molecule has 0 bridgehead atoms. The molecule has 1 N–H and O–H groups in total. The third-order valence-corrected chi connectivity index (χ3v) is 4.72. The first-order valence-electron chi connectivity index (χ1n) is 7.97. The zero-order valence-corrected chi connectivity index (χ0v) is 16.3. The van der Waals surface area contributed by atoms with Gasteiger partial charge in [0.15, 0.2) is 6.61 Å². The van der Waals surface area contributed by atoms with Crippen LogP contribution < -0.4 is 10.1 Å². The van der Waals surface area contributed by atoms with Crippen molar-refractivity contribution < 1.29 is 23.9 Å². The Kier molecular flexibility index (Phi) is 7.57. The lowest BCUT2D eigenvalue weighted by Gasteiger charge is -2.11. The number of esters is 1. The van der Waals surface area contributed by atoms with Gasteiger partial charge in [0, 0.05) is 6.08 Å². The summed E-state index contributed by atoms with van der Waals surface area (Å²) in [5, 5.41) is 2.49. The fourth-order valence-corrected chi connectivity index (χ4v) is 2.97. The predicted octanol–water partition coefficient (Wildman–Crippen LogP) is 3.35. The van der Waals surface area contributed by atoms with Crippen molar-refractivity contribution in [3.05, 3.63) is 57.3 Å². The van der Waals surface area contributed by atoms with Crippen LogP contribution >= 0.6 is 22.9 Å². The van der Waals surface area contributed by atoms with Gasteiger partial charge >= 0.3 is 5.97 Å². The lowest BCUT2D eigenvalue weighted by atomic mass is 10.2. The van der Waals surface area contributed by atoms with Gasteiger partial charge in [-0.1, -0.05) is 23.7 Å². The number of Topliss-reactive ketones (excluding diaryl/α,β-unsaturated/α-hetero) is 1. The molecule has 8 heteroatoms. The van der Waals surface area contributed by atoms with E-state index in [1.165, 1.54) is 13.0 Å². The minimum absolute atomic E-state index is 0.349. The largest absolute Gasteiger partial charge is 0.497 e. The Hall–Kier alpha value is -2.64. The van der Waals surface area contributed by atoms with E-state index in [2.05, 4.69) is 5.32 Å². The fraction of sp³-hybridized carbons (Fsp3) is 0.211. The summed E-state index contributed by atoms with van der Waals surface area (Å²) in [5.41, 5.74) is 0.807. The highest BCUT2D eigenvalue weighted by Crippen LogP contribution is 2.21. The van der Waals surface area contributed by atoms with Crippen LogP contribution in [0.5, 0.6) is 5.75 Å². The van der Waals surface area contributed by atoms with Crippen LogP contribution in [0.4, 0.5) is 0 Å². The van der Waals surface area contributed by atoms with Gasteiger partial charge in [0.1, 0.15) is 11.8 Å². The molecule has 0 aliphatic rings. The molecular weight excluding hydrogens is 390 g/mol. The zero-order valence-electron chi connectivity index (χ0n) is 14.7. The van der Waals surface area contributed by atoms with Crippen molar-refractivity contribution in [2.24, 2.45) is 0 Å². The van der Waals surface area contributed by atoms with Gasteiger partial charge in [0.25, 0.3) is 0 Å². The Labute approximate surface area is 165 Å². The molecule has 1 amide bonds. The number of methoxy groups -OCH3 is 1. The predicted molar refractivity (Wildman–Crippen MR) is 104 cm³/mol. The Bertz CT molecular complexity index is 844. The van der Waals surface area contributed by atoms with Crippen molar-refractivity contribution in [3.8, 4) is 5.75 Å². The van der Waals surface area contributed by atoms with Crippen molar-refractivity contribution in [3.63, 3.8) is 0 Å². The standard InChI is InChI=1S/C19H18ClNO5S/c1-12(19(24)26-11-15(22)16-8-9-17(20)27-16)21-18(23)10-5-13-3-6-14(25-2)7-4-13/h3-10,12H,11H2,1-2H3,(H,21,23)/b10-5+/t12-/m0/s1. The highest BCUT2D eigenvalue weighted by molar-refractivity contribution is 7.18. The molecule has 2 rings (SSSR count). The fourth-order valence-electron chi connectivity index (χ4n) is 2.00. The maximum Gasteiger partial charge on any atom is 0.328 e. The lowest BCUT2D eigenvalue weighted by Crippen LogP contribution is -2.39. The third kappa shape index (κ3) is 6.54. The molecule has 0 unspecified atom stereocenters. The van der Waals surface area contributed by atoms with Crippen molar-refractivity contribution in [1.29, 1.82) is 0 Å². The van der Waals surface area contributed by atoms with Crippen molar-refractivity contribution in [2.45, 2.75) is 13.0 Å². The summed E-state index contributed by atoms with van der Waals surface area (Å²) in [5.74, 6) is -0.783. The number of rotatable bonds is 8. The topological polar surface area (TPSA) is 81.7 Å². The first-order valence-corrected chi connectivity index (χ1v) is 9.16. The molecule has 6 nitrogen and oxygen atoms in total. The maximum absolute atomic E-state index is 11.9. The molecule has 0 radical (unpaired) electrons. The number of halogens is 1. The van der Waals surface area contributed by atoms with E-state index in [1.54, 1.807) is 49.6 Å². The van der Waals surface area contributed by atoms with Gasteiger partial charge in [-0.05, 0) is 42.8 Å². The molecule has 0 saturated carbocycles. The van der Waals surface area contributed by atoms with Crippen molar-refractivity contribution in [1.82, 2.24) is 5.32 Å². The van der Waals surface area contributed by atoms with Crippen LogP contribution in [0.1, 0.15) is 22.2 Å². The van der Waals surface area contributed by atoms with Crippen LogP contribution in [0.3, 0.4) is 0 Å². The van der Waals surface area contributed by atoms with Crippen molar-refractivity contribution in [2.75, 3.05) is 13.7 Å². The van der Waals surface area contributed by atoms with Crippen molar-refractivity contribution >= 4 is 46.7 Å². The van der Waals surface area contributed by atoms with Gasteiger partial charge in [0.2, 0.25) is 11.7 Å². The molecule has 1 atom stereocenters. The van der Waals surface area contributed by atoms with Crippen LogP contribution in [0, 0.1) is 0 Å². The molecule has 2 aromatic rings. The summed E-state index contributed by atoms with van der Waals surface area (Å²) in [7, 11) is 1.57. The molecule has 1 aromatic heterocycles. The van der Waals surface area contributed by atoms with Crippen LogP contribution in [-0.2, 0) is 14.3 Å². The van der Waals surface area contributed by atoms with Gasteiger partial charge < -0.3 is 14.8 Å². The van der Waals surface area contributed by atoms with Crippen LogP contribution in [0.15, 0.2) is 42.5 Å². The highest BCUT2D eigenvalue weighted by atomic mass is 35.5. The van der Waals surface area contributed by atoms with Crippen LogP contribution in [-0.4, -0.2) is 37.4 Å². The summed E-state index contributed by atoms with van der Waals surface area (Å²) in [4.78, 5) is 36.1. The van der Waals surface area contributed by atoms with Gasteiger partial charge in [-0.3, -0.25) is 9.59 Å². The zero-order chi connectivity index (χ0) is 19.8. The van der Waals surface area contributed by atoms with Gasteiger partial charge in [0.05, 0.1) is 16.3 Å². The molecule has 0 fully saturated rings. The number of hydrogen-bond donors (Lipinski definition) is 1. The Morgan fingerprint density at radius 1 is 1.19 bits per heavy atom. The van der Waals surface area contributed by atoms with E-state index in [0.717, 1.165) is 16.9 Å². The molecule has 0 saturated heterocycles. The maximum atomic E-state index is 11.9.